The second-order valence-corrected chi connectivity index (χ2v) is 7.98. The molecule has 0 unspecified atom stereocenters. The molecule has 0 N–H and O–H groups in total. The minimum absolute atomic E-state index is 0.0936. The van der Waals surface area contributed by atoms with Gasteiger partial charge in [-0.05, 0) is 18.3 Å². The van der Waals surface area contributed by atoms with Crippen LogP contribution in [0.15, 0.2) is 0 Å². The molecule has 1 aromatic rings. The third kappa shape index (κ3) is 4.60. The van der Waals surface area contributed by atoms with Gasteiger partial charge in [0.2, 0.25) is 3.79 Å². The monoisotopic (exact) mass is 311 g/mol. The molecule has 0 spiro atoms. The largest absolute Gasteiger partial charge is 0.249 e. The molecule has 104 valence electrons. The van der Waals surface area contributed by atoms with Crippen molar-refractivity contribution >= 4 is 34.8 Å². The molecule has 1 heterocycles. The Kier molecular flexibility index (Phi) is 5.33. The van der Waals surface area contributed by atoms with Crippen LogP contribution in [0.25, 0.3) is 0 Å². The lowest BCUT2D eigenvalue weighted by atomic mass is 9.90. The fourth-order valence-electron chi connectivity index (χ4n) is 1.72. The van der Waals surface area contributed by atoms with E-state index < -0.39 is 3.79 Å². The normalized spacial score (nSPS) is 13.1. The Morgan fingerprint density at radius 3 is 2.22 bits per heavy atom. The van der Waals surface area contributed by atoms with Crippen molar-refractivity contribution < 1.29 is 0 Å². The molecule has 18 heavy (non-hydrogen) atoms. The summed E-state index contributed by atoms with van der Waals surface area (Å²) >= 11 is 17.9. The second kappa shape index (κ2) is 5.98. The van der Waals surface area contributed by atoms with Crippen molar-refractivity contribution in [1.29, 1.82) is 0 Å². The Hall–Kier alpha value is 0.01000. The van der Waals surface area contributed by atoms with Gasteiger partial charge in [-0.1, -0.05) is 74.1 Å². The number of unbranched alkanes of at least 4 members (excludes halogenated alkanes) is 1. The molecule has 0 atom stereocenters. The number of halogens is 3. The summed E-state index contributed by atoms with van der Waals surface area (Å²) < 4.78 is 0.358. The third-order valence-electron chi connectivity index (χ3n) is 2.53. The summed E-state index contributed by atoms with van der Waals surface area (Å²) in [5.74, 6) is 0. The van der Waals surface area contributed by atoms with Crippen LogP contribution in [0.4, 0.5) is 0 Å². The minimum atomic E-state index is -1.51. The quantitative estimate of drug-likeness (QED) is 0.767. The van der Waals surface area contributed by atoms with Crippen molar-refractivity contribution in [2.45, 2.75) is 57.3 Å². The van der Waals surface area contributed by atoms with E-state index in [4.69, 9.17) is 34.8 Å². The molecule has 0 aliphatic carbocycles. The average Bonchev–Trinajstić information content (AvgIpc) is 2.54. The summed E-state index contributed by atoms with van der Waals surface area (Å²) in [5.41, 5.74) is 1.48. The molecule has 0 aliphatic heterocycles. The highest BCUT2D eigenvalue weighted by Gasteiger charge is 2.33. The number of rotatable bonds is 4. The SMILES string of the molecule is CCCCn1nnc(C(Cl)(Cl)Cl)c1CC(C)(C)C. The first-order chi connectivity index (χ1) is 8.15. The lowest BCUT2D eigenvalue weighted by Crippen LogP contribution is -2.17. The van der Waals surface area contributed by atoms with Gasteiger partial charge in [0.15, 0.2) is 0 Å². The smallest absolute Gasteiger partial charge is 0.236 e. The van der Waals surface area contributed by atoms with Gasteiger partial charge in [0.25, 0.3) is 0 Å². The maximum absolute atomic E-state index is 5.95. The minimum Gasteiger partial charge on any atom is -0.249 e. The molecular formula is C12H20Cl3N3. The maximum atomic E-state index is 5.95. The molecule has 0 fully saturated rings. The van der Waals surface area contributed by atoms with Gasteiger partial charge < -0.3 is 0 Å². The third-order valence-corrected chi connectivity index (χ3v) is 3.06. The molecule has 0 aliphatic rings. The molecule has 6 heteroatoms. The van der Waals surface area contributed by atoms with Crippen molar-refractivity contribution in [3.8, 4) is 0 Å². The lowest BCUT2D eigenvalue weighted by Gasteiger charge is -2.20. The fourth-order valence-corrected chi connectivity index (χ4v) is 2.16. The molecule has 1 rings (SSSR count). The van der Waals surface area contributed by atoms with Crippen molar-refractivity contribution in [3.63, 3.8) is 0 Å². The standard InChI is InChI=1S/C12H20Cl3N3/c1-5-6-7-18-9(8-11(2,3)4)10(16-17-18)12(13,14)15/h5-8H2,1-4H3. The topological polar surface area (TPSA) is 30.7 Å². The first kappa shape index (κ1) is 16.1. The molecule has 0 saturated heterocycles. The zero-order valence-electron chi connectivity index (χ0n) is 11.3. The van der Waals surface area contributed by atoms with Crippen molar-refractivity contribution in [1.82, 2.24) is 15.0 Å². The van der Waals surface area contributed by atoms with Crippen LogP contribution in [0.1, 0.15) is 51.9 Å². The Morgan fingerprint density at radius 2 is 1.78 bits per heavy atom. The van der Waals surface area contributed by atoms with Gasteiger partial charge in [-0.25, -0.2) is 4.68 Å². The van der Waals surface area contributed by atoms with Gasteiger partial charge in [0.1, 0.15) is 5.69 Å². The molecular weight excluding hydrogens is 293 g/mol. The first-order valence-electron chi connectivity index (χ1n) is 6.14. The summed E-state index contributed by atoms with van der Waals surface area (Å²) in [5, 5.41) is 8.16. The predicted molar refractivity (Wildman–Crippen MR) is 77.3 cm³/mol. The fraction of sp³-hybridized carbons (Fsp3) is 0.833. The predicted octanol–water partition coefficient (Wildman–Crippen LogP) is 4.49. The number of hydrogen-bond acceptors (Lipinski definition) is 2. The van der Waals surface area contributed by atoms with Gasteiger partial charge in [-0.3, -0.25) is 0 Å². The first-order valence-corrected chi connectivity index (χ1v) is 7.28. The summed E-state index contributed by atoms with van der Waals surface area (Å²) in [6, 6.07) is 0. The van der Waals surface area contributed by atoms with Crippen LogP contribution in [0.5, 0.6) is 0 Å². The van der Waals surface area contributed by atoms with Gasteiger partial charge in [-0.2, -0.15) is 0 Å². The van der Waals surface area contributed by atoms with Gasteiger partial charge in [0.05, 0.1) is 5.69 Å². The highest BCUT2D eigenvalue weighted by molar-refractivity contribution is 6.66. The summed E-state index contributed by atoms with van der Waals surface area (Å²) in [6.45, 7) is 9.39. The number of aryl methyl sites for hydroxylation is 1. The van der Waals surface area contributed by atoms with Crippen LogP contribution in [0.3, 0.4) is 0 Å². The number of alkyl halides is 3. The Balaban J connectivity index is 3.09. The van der Waals surface area contributed by atoms with Gasteiger partial charge in [-0.15, -0.1) is 5.10 Å². The van der Waals surface area contributed by atoms with Crippen LogP contribution in [-0.4, -0.2) is 15.0 Å². The maximum Gasteiger partial charge on any atom is 0.236 e. The van der Waals surface area contributed by atoms with E-state index in [0.29, 0.717) is 5.69 Å². The second-order valence-electron chi connectivity index (χ2n) is 5.70. The van der Waals surface area contributed by atoms with E-state index in [0.717, 1.165) is 31.5 Å². The average molecular weight is 313 g/mol. The highest BCUT2D eigenvalue weighted by Crippen LogP contribution is 2.40. The van der Waals surface area contributed by atoms with Crippen LogP contribution >= 0.6 is 34.8 Å². The number of aromatic nitrogens is 3. The van der Waals surface area contributed by atoms with E-state index in [1.165, 1.54) is 0 Å². The summed E-state index contributed by atoms with van der Waals surface area (Å²) in [6.07, 6.45) is 2.92. The van der Waals surface area contributed by atoms with Crippen molar-refractivity contribution in [3.05, 3.63) is 11.4 Å². The lowest BCUT2D eigenvalue weighted by molar-refractivity contribution is 0.388. The Morgan fingerprint density at radius 1 is 1.17 bits per heavy atom. The van der Waals surface area contributed by atoms with Gasteiger partial charge >= 0.3 is 0 Å². The molecule has 0 amide bonds. The zero-order chi connectivity index (χ0) is 14.0. The number of nitrogens with zero attached hydrogens (tertiary/aromatic N) is 3. The highest BCUT2D eigenvalue weighted by atomic mass is 35.6. The van der Waals surface area contributed by atoms with E-state index in [1.807, 2.05) is 4.68 Å². The molecule has 0 bridgehead atoms. The van der Waals surface area contributed by atoms with Crippen molar-refractivity contribution in [2.24, 2.45) is 5.41 Å². The number of hydrogen-bond donors (Lipinski definition) is 0. The van der Waals surface area contributed by atoms with Crippen LogP contribution in [0.2, 0.25) is 0 Å². The van der Waals surface area contributed by atoms with Gasteiger partial charge in [0, 0.05) is 6.54 Å². The molecule has 0 aromatic carbocycles. The van der Waals surface area contributed by atoms with Crippen LogP contribution in [0, 0.1) is 5.41 Å². The van der Waals surface area contributed by atoms with E-state index >= 15 is 0 Å². The zero-order valence-corrected chi connectivity index (χ0v) is 13.6. The van der Waals surface area contributed by atoms with E-state index in [9.17, 15) is 0 Å². The van der Waals surface area contributed by atoms with Crippen molar-refractivity contribution in [2.75, 3.05) is 0 Å². The van der Waals surface area contributed by atoms with Crippen LogP contribution in [-0.2, 0) is 16.8 Å². The molecule has 0 radical (unpaired) electrons. The van der Waals surface area contributed by atoms with Crippen LogP contribution < -0.4 is 0 Å². The summed E-state index contributed by atoms with van der Waals surface area (Å²) in [4.78, 5) is 0. The molecule has 3 nitrogen and oxygen atoms in total. The van der Waals surface area contributed by atoms with E-state index in [1.54, 1.807) is 0 Å². The molecule has 1 aromatic heterocycles. The van der Waals surface area contributed by atoms with E-state index in [2.05, 4.69) is 38.0 Å². The summed E-state index contributed by atoms with van der Waals surface area (Å²) in [7, 11) is 0. The van der Waals surface area contributed by atoms with E-state index in [-0.39, 0.29) is 5.41 Å². The Labute approximate surface area is 124 Å². The Bertz CT molecular complexity index is 388. The molecule has 0 saturated carbocycles.